The molecule has 278 valence electrons. The van der Waals surface area contributed by atoms with Crippen LogP contribution in [0.25, 0.3) is 0 Å². The number of nitrogens with zero attached hydrogens (tertiary/aromatic N) is 2. The van der Waals surface area contributed by atoms with Crippen molar-refractivity contribution in [2.24, 2.45) is 0 Å². The van der Waals surface area contributed by atoms with Crippen LogP contribution in [-0.4, -0.2) is 66.5 Å². The number of nitrogens with one attached hydrogen (secondary N) is 2. The highest BCUT2D eigenvalue weighted by molar-refractivity contribution is 7.12. The number of hydrogen-bond acceptors (Lipinski definition) is 9. The molecule has 1 aromatic heterocycles. The molecule has 0 bridgehead atoms. The summed E-state index contributed by atoms with van der Waals surface area (Å²) in [5, 5.41) is 16.2. The zero-order chi connectivity index (χ0) is 37.9. The van der Waals surface area contributed by atoms with Gasteiger partial charge in [-0.15, -0.1) is 11.3 Å². The lowest BCUT2D eigenvalue weighted by atomic mass is 9.93. The second kappa shape index (κ2) is 18.2. The van der Waals surface area contributed by atoms with Crippen molar-refractivity contribution in [1.82, 2.24) is 5.32 Å². The maximum atomic E-state index is 14.1. The summed E-state index contributed by atoms with van der Waals surface area (Å²) in [7, 11) is 0. The van der Waals surface area contributed by atoms with E-state index in [1.807, 2.05) is 42.6 Å². The zero-order valence-corrected chi connectivity index (χ0v) is 30.7. The molecule has 2 heterocycles. The molecule has 1 atom stereocenters. The van der Waals surface area contributed by atoms with Crippen LogP contribution in [0.15, 0.2) is 84.2 Å². The second-order valence-corrected chi connectivity index (χ2v) is 13.7. The van der Waals surface area contributed by atoms with Crippen LogP contribution in [0.3, 0.4) is 0 Å². The molecule has 5 N–H and O–H groups in total. The van der Waals surface area contributed by atoms with Crippen LogP contribution in [0.4, 0.5) is 27.5 Å². The largest absolute Gasteiger partial charge is 0.478 e. The molecule has 1 saturated carbocycles. The van der Waals surface area contributed by atoms with Crippen LogP contribution < -0.4 is 26.2 Å². The van der Waals surface area contributed by atoms with Gasteiger partial charge in [0, 0.05) is 24.0 Å². The Hall–Kier alpha value is -5.69. The van der Waals surface area contributed by atoms with Gasteiger partial charge in [0.15, 0.2) is 5.78 Å². The predicted octanol–water partition coefficient (Wildman–Crippen LogP) is 7.01. The number of hydrogen-bond donors (Lipinski definition) is 4. The Labute approximate surface area is 312 Å². The fraction of sp³-hybridized carbons (Fsp3) is 0.325. The van der Waals surface area contributed by atoms with Gasteiger partial charge in [-0.2, -0.15) is 0 Å². The molecule has 0 spiro atoms. The molecule has 3 aromatic carbocycles. The SMILES string of the molecule is CCOC(=O)c1ccc(NC(=O)NC2CN(C3CCCCC3)c3ccccc3N(CC(=O)c3cccs3)C2=O)cc1.CCc1c(N)cccc1C(=O)O. The minimum Gasteiger partial charge on any atom is -0.478 e. The number of rotatable bonds is 10. The summed E-state index contributed by atoms with van der Waals surface area (Å²) in [5.41, 5.74) is 9.59. The molecular formula is C40H45N5O7S. The number of carbonyl (C=O) groups excluding carboxylic acids is 4. The molecule has 1 aliphatic heterocycles. The monoisotopic (exact) mass is 739 g/mol. The predicted molar refractivity (Wildman–Crippen MR) is 207 cm³/mol. The third-order valence-electron chi connectivity index (χ3n) is 9.29. The summed E-state index contributed by atoms with van der Waals surface area (Å²) >= 11 is 1.34. The van der Waals surface area contributed by atoms with E-state index in [1.165, 1.54) is 22.7 Å². The van der Waals surface area contributed by atoms with Crippen LogP contribution in [0.5, 0.6) is 0 Å². The lowest BCUT2D eigenvalue weighted by Gasteiger charge is -2.37. The number of ketones is 1. The highest BCUT2D eigenvalue weighted by Crippen LogP contribution is 2.37. The van der Waals surface area contributed by atoms with Crippen LogP contribution in [0, 0.1) is 0 Å². The Morgan fingerprint density at radius 3 is 2.25 bits per heavy atom. The number of carboxylic acid groups (broad SMARTS) is 1. The van der Waals surface area contributed by atoms with E-state index in [-0.39, 0.29) is 30.9 Å². The minimum absolute atomic E-state index is 0.121. The number of anilines is 4. The van der Waals surface area contributed by atoms with Gasteiger partial charge in [-0.25, -0.2) is 14.4 Å². The molecule has 4 aromatic rings. The number of carbonyl (C=O) groups is 5. The molecule has 13 heteroatoms. The van der Waals surface area contributed by atoms with E-state index in [9.17, 15) is 24.0 Å². The quantitative estimate of drug-likeness (QED) is 0.0759. The first-order valence-electron chi connectivity index (χ1n) is 17.8. The van der Waals surface area contributed by atoms with E-state index >= 15 is 0 Å². The number of nitrogens with two attached hydrogens (primary N) is 1. The molecule has 0 saturated heterocycles. The zero-order valence-electron chi connectivity index (χ0n) is 29.9. The van der Waals surface area contributed by atoms with Gasteiger partial charge in [0.1, 0.15) is 6.04 Å². The average Bonchev–Trinajstić information content (AvgIpc) is 3.69. The lowest BCUT2D eigenvalue weighted by molar-refractivity contribution is -0.120. The van der Waals surface area contributed by atoms with Gasteiger partial charge in [0.05, 0.1) is 40.5 Å². The first-order valence-corrected chi connectivity index (χ1v) is 18.7. The van der Waals surface area contributed by atoms with Crippen LogP contribution in [-0.2, 0) is 16.0 Å². The third kappa shape index (κ3) is 9.60. The van der Waals surface area contributed by atoms with Crippen LogP contribution >= 0.6 is 11.3 Å². The van der Waals surface area contributed by atoms with E-state index < -0.39 is 24.0 Å². The van der Waals surface area contributed by atoms with Gasteiger partial charge < -0.3 is 36.0 Å². The Bertz CT molecular complexity index is 1910. The van der Waals surface area contributed by atoms with Crippen molar-refractivity contribution < 1.29 is 33.8 Å². The molecule has 3 amide bonds. The van der Waals surface area contributed by atoms with Crippen molar-refractivity contribution >= 4 is 63.7 Å². The number of benzene rings is 3. The van der Waals surface area contributed by atoms with E-state index in [1.54, 1.807) is 55.5 Å². The van der Waals surface area contributed by atoms with E-state index in [0.717, 1.165) is 31.4 Å². The van der Waals surface area contributed by atoms with Crippen molar-refractivity contribution in [3.63, 3.8) is 0 Å². The summed E-state index contributed by atoms with van der Waals surface area (Å²) in [5.74, 6) is -1.85. The first-order chi connectivity index (χ1) is 25.6. The Balaban J connectivity index is 0.000000384. The number of ether oxygens (including phenoxy) is 1. The summed E-state index contributed by atoms with van der Waals surface area (Å²) in [6, 6.07) is 21.3. The summed E-state index contributed by atoms with van der Waals surface area (Å²) in [6.07, 6.45) is 6.06. The Morgan fingerprint density at radius 2 is 1.62 bits per heavy atom. The third-order valence-corrected chi connectivity index (χ3v) is 10.2. The van der Waals surface area contributed by atoms with Crippen molar-refractivity contribution in [3.8, 4) is 0 Å². The van der Waals surface area contributed by atoms with Crippen LogP contribution in [0.2, 0.25) is 0 Å². The average molecular weight is 740 g/mol. The highest BCUT2D eigenvalue weighted by Gasteiger charge is 2.38. The normalized spacial score (nSPS) is 15.7. The van der Waals surface area contributed by atoms with Crippen LogP contribution in [0.1, 0.15) is 81.9 Å². The highest BCUT2D eigenvalue weighted by atomic mass is 32.1. The Kier molecular flexibility index (Phi) is 13.2. The van der Waals surface area contributed by atoms with E-state index in [2.05, 4.69) is 15.5 Å². The van der Waals surface area contributed by atoms with Crippen molar-refractivity contribution in [3.05, 3.63) is 106 Å². The number of aromatic carboxylic acids is 1. The molecule has 53 heavy (non-hydrogen) atoms. The number of nitrogen functional groups attached to an aromatic ring is 1. The molecule has 0 radical (unpaired) electrons. The van der Waals surface area contributed by atoms with Crippen molar-refractivity contribution in [1.29, 1.82) is 0 Å². The van der Waals surface area contributed by atoms with Gasteiger partial charge in [0.2, 0.25) is 0 Å². The Morgan fingerprint density at radius 1 is 0.906 bits per heavy atom. The number of para-hydroxylation sites is 2. The van der Waals surface area contributed by atoms with E-state index in [4.69, 9.17) is 15.6 Å². The minimum atomic E-state index is -0.917. The standard InChI is InChI=1S/C31H34N4O5S.C9H11NO2/c1-2-40-30(38)21-14-16-22(17-15-21)32-31(39)33-24-19-34(23-9-4-3-5-10-23)25-11-6-7-12-26(25)35(29(24)37)20-27(36)28-13-8-18-41-28;1-2-6-7(9(11)12)4-3-5-8(6)10/h6-8,11-18,23-24H,2-5,9-10,19-20H2,1H3,(H2,32,33,39);3-5H,2,10H2,1H3,(H,11,12). The van der Waals surface area contributed by atoms with Crippen molar-refractivity contribution in [2.75, 3.05) is 40.5 Å². The van der Waals surface area contributed by atoms with Gasteiger partial charge in [-0.1, -0.05) is 50.5 Å². The summed E-state index contributed by atoms with van der Waals surface area (Å²) in [6.45, 7) is 4.07. The molecule has 12 nitrogen and oxygen atoms in total. The number of fused-ring (bicyclic) bond motifs is 1. The second-order valence-electron chi connectivity index (χ2n) is 12.7. The van der Waals surface area contributed by atoms with Gasteiger partial charge in [-0.3, -0.25) is 9.59 Å². The van der Waals surface area contributed by atoms with Gasteiger partial charge in [0.25, 0.3) is 5.91 Å². The molecule has 2 aliphatic rings. The van der Waals surface area contributed by atoms with E-state index in [0.29, 0.717) is 51.6 Å². The van der Waals surface area contributed by atoms with Gasteiger partial charge >= 0.3 is 18.0 Å². The molecule has 1 fully saturated rings. The van der Waals surface area contributed by atoms with Gasteiger partial charge in [-0.05, 0) is 91.7 Å². The topological polar surface area (TPSA) is 171 Å². The maximum Gasteiger partial charge on any atom is 0.338 e. The number of esters is 1. The first kappa shape index (κ1) is 38.5. The molecule has 1 unspecified atom stereocenters. The number of Topliss-reactive ketones (excluding diaryl/α,β-unsaturated/α-hetero) is 1. The lowest BCUT2D eigenvalue weighted by Crippen LogP contribution is -2.55. The summed E-state index contributed by atoms with van der Waals surface area (Å²) in [4.78, 5) is 67.4. The fourth-order valence-electron chi connectivity index (χ4n) is 6.71. The molecule has 1 aliphatic carbocycles. The van der Waals surface area contributed by atoms with Crippen molar-refractivity contribution in [2.45, 2.75) is 64.5 Å². The number of carboxylic acids is 1. The fourth-order valence-corrected chi connectivity index (χ4v) is 7.37. The number of urea groups is 1. The maximum absolute atomic E-state index is 14.1. The molecule has 6 rings (SSSR count). The molecular weight excluding hydrogens is 695 g/mol. The number of amides is 3. The number of thiophene rings is 1. The summed E-state index contributed by atoms with van der Waals surface area (Å²) < 4.78 is 5.01. The smallest absolute Gasteiger partial charge is 0.338 e.